The number of benzene rings is 2. The molecule has 3 rings (SSSR count). The van der Waals surface area contributed by atoms with Crippen molar-refractivity contribution in [2.24, 2.45) is 0 Å². The van der Waals surface area contributed by atoms with Gasteiger partial charge in [0, 0.05) is 0 Å². The summed E-state index contributed by atoms with van der Waals surface area (Å²) in [6.45, 7) is -3.17. The molecule has 0 saturated carbocycles. The van der Waals surface area contributed by atoms with E-state index in [1.54, 1.807) is 0 Å². The Labute approximate surface area is 142 Å². The minimum absolute atomic E-state index is 0.143. The van der Waals surface area contributed by atoms with Gasteiger partial charge >= 0.3 is 6.61 Å². The van der Waals surface area contributed by atoms with Crippen molar-refractivity contribution < 1.29 is 27.4 Å². The van der Waals surface area contributed by atoms with Crippen LogP contribution in [0.25, 0.3) is 10.9 Å². The van der Waals surface area contributed by atoms with Crippen LogP contribution in [-0.4, -0.2) is 21.7 Å². The van der Waals surface area contributed by atoms with E-state index in [0.717, 1.165) is 24.5 Å². The first kappa shape index (κ1) is 17.0. The highest BCUT2D eigenvalue weighted by Gasteiger charge is 2.18. The second kappa shape index (κ2) is 6.60. The van der Waals surface area contributed by atoms with Gasteiger partial charge in [0.1, 0.15) is 22.9 Å². The number of alkyl halides is 2. The van der Waals surface area contributed by atoms with Gasteiger partial charge in [-0.3, -0.25) is 0 Å². The average Bonchev–Trinajstić information content (AvgIpc) is 2.57. The Morgan fingerprint density at radius 3 is 2.56 bits per heavy atom. The maximum Gasteiger partial charge on any atom is 0.387 e. The van der Waals surface area contributed by atoms with Gasteiger partial charge in [-0.1, -0.05) is 11.6 Å². The standard InChI is InChI=1S/C15H8ClF4N3O2/c16-11-9(25-15(19)20)4-2-7(12(11)17)23-14-10-6(21-5-22-14)1-3-8(24)13(10)18/h1-5,15,24H,(H,21,22,23). The highest BCUT2D eigenvalue weighted by molar-refractivity contribution is 6.32. The van der Waals surface area contributed by atoms with Crippen molar-refractivity contribution in [2.45, 2.75) is 6.61 Å². The molecule has 130 valence electrons. The fraction of sp³-hybridized carbons (Fsp3) is 0.0667. The number of ether oxygens (including phenoxy) is 1. The lowest BCUT2D eigenvalue weighted by Gasteiger charge is -2.13. The fourth-order valence-electron chi connectivity index (χ4n) is 2.14. The minimum atomic E-state index is -3.17. The second-order valence-electron chi connectivity index (χ2n) is 4.76. The van der Waals surface area contributed by atoms with E-state index in [9.17, 15) is 22.7 Å². The first-order valence-corrected chi connectivity index (χ1v) is 7.08. The van der Waals surface area contributed by atoms with Crippen molar-refractivity contribution in [1.29, 1.82) is 0 Å². The number of hydrogen-bond acceptors (Lipinski definition) is 5. The Balaban J connectivity index is 2.05. The number of nitrogens with zero attached hydrogens (tertiary/aromatic N) is 2. The first-order chi connectivity index (χ1) is 11.9. The molecule has 0 bridgehead atoms. The predicted octanol–water partition coefficient (Wildman–Crippen LogP) is 4.61. The number of nitrogens with one attached hydrogen (secondary N) is 1. The van der Waals surface area contributed by atoms with Crippen molar-refractivity contribution in [1.82, 2.24) is 9.97 Å². The highest BCUT2D eigenvalue weighted by atomic mass is 35.5. The van der Waals surface area contributed by atoms with Crippen molar-refractivity contribution in [2.75, 3.05) is 5.32 Å². The highest BCUT2D eigenvalue weighted by Crippen LogP contribution is 2.36. The van der Waals surface area contributed by atoms with Crippen LogP contribution in [0.4, 0.5) is 29.1 Å². The van der Waals surface area contributed by atoms with Gasteiger partial charge in [0.2, 0.25) is 0 Å². The van der Waals surface area contributed by atoms with E-state index < -0.39 is 34.8 Å². The lowest BCUT2D eigenvalue weighted by molar-refractivity contribution is -0.0499. The molecular weight excluding hydrogens is 366 g/mol. The van der Waals surface area contributed by atoms with Crippen LogP contribution in [0.5, 0.6) is 11.5 Å². The van der Waals surface area contributed by atoms with Crippen LogP contribution in [0.3, 0.4) is 0 Å². The van der Waals surface area contributed by atoms with Gasteiger partial charge in [0.15, 0.2) is 17.4 Å². The normalized spacial score (nSPS) is 11.1. The van der Waals surface area contributed by atoms with E-state index in [1.165, 1.54) is 6.07 Å². The minimum Gasteiger partial charge on any atom is -0.505 e. The number of anilines is 2. The van der Waals surface area contributed by atoms with Crippen LogP contribution in [0.1, 0.15) is 0 Å². The molecule has 25 heavy (non-hydrogen) atoms. The molecule has 1 aromatic heterocycles. The second-order valence-corrected chi connectivity index (χ2v) is 5.14. The van der Waals surface area contributed by atoms with Crippen LogP contribution in [0.15, 0.2) is 30.6 Å². The molecule has 0 spiro atoms. The molecule has 0 atom stereocenters. The number of hydrogen-bond donors (Lipinski definition) is 2. The fourth-order valence-corrected chi connectivity index (χ4v) is 2.35. The Hall–Kier alpha value is -2.81. The van der Waals surface area contributed by atoms with E-state index in [4.69, 9.17) is 11.6 Å². The molecule has 0 radical (unpaired) electrons. The number of rotatable bonds is 4. The summed E-state index contributed by atoms with van der Waals surface area (Å²) in [6, 6.07) is 4.57. The van der Waals surface area contributed by atoms with Gasteiger partial charge in [0.05, 0.1) is 16.6 Å². The summed E-state index contributed by atoms with van der Waals surface area (Å²) in [6.07, 6.45) is 1.11. The van der Waals surface area contributed by atoms with Gasteiger partial charge in [-0.2, -0.15) is 8.78 Å². The predicted molar refractivity (Wildman–Crippen MR) is 82.5 cm³/mol. The number of halogens is 5. The molecule has 0 unspecified atom stereocenters. The van der Waals surface area contributed by atoms with Crippen LogP contribution >= 0.6 is 11.6 Å². The molecule has 0 amide bonds. The zero-order valence-corrected chi connectivity index (χ0v) is 12.9. The van der Waals surface area contributed by atoms with Crippen molar-refractivity contribution >= 4 is 34.0 Å². The smallest absolute Gasteiger partial charge is 0.387 e. The summed E-state index contributed by atoms with van der Waals surface area (Å²) < 4.78 is 57.0. The quantitative estimate of drug-likeness (QED) is 0.654. The van der Waals surface area contributed by atoms with Gasteiger partial charge in [-0.05, 0) is 24.3 Å². The Morgan fingerprint density at radius 2 is 1.84 bits per heavy atom. The van der Waals surface area contributed by atoms with Crippen LogP contribution in [-0.2, 0) is 0 Å². The van der Waals surface area contributed by atoms with Crippen molar-refractivity contribution in [3.8, 4) is 11.5 Å². The maximum absolute atomic E-state index is 14.3. The molecule has 2 N–H and O–H groups in total. The van der Waals surface area contributed by atoms with Gasteiger partial charge < -0.3 is 15.2 Å². The van der Waals surface area contributed by atoms with E-state index in [-0.39, 0.29) is 22.4 Å². The summed E-state index contributed by atoms with van der Waals surface area (Å²) in [5.74, 6) is -3.41. The Morgan fingerprint density at radius 1 is 1.08 bits per heavy atom. The van der Waals surface area contributed by atoms with Crippen LogP contribution in [0, 0.1) is 11.6 Å². The molecule has 1 heterocycles. The van der Waals surface area contributed by atoms with E-state index >= 15 is 0 Å². The molecule has 0 aliphatic heterocycles. The molecule has 10 heteroatoms. The number of aromatic nitrogens is 2. The monoisotopic (exact) mass is 373 g/mol. The summed E-state index contributed by atoms with van der Waals surface area (Å²) >= 11 is 5.66. The van der Waals surface area contributed by atoms with Crippen LogP contribution < -0.4 is 10.1 Å². The Bertz CT molecular complexity index is 956. The largest absolute Gasteiger partial charge is 0.505 e. The summed E-state index contributed by atoms with van der Waals surface area (Å²) in [5, 5.41) is 11.1. The summed E-state index contributed by atoms with van der Waals surface area (Å²) in [5.41, 5.74) is -0.0914. The SMILES string of the molecule is Oc1ccc2ncnc(Nc3ccc(OC(F)F)c(Cl)c3F)c2c1F. The molecule has 2 aromatic carbocycles. The van der Waals surface area contributed by atoms with Crippen molar-refractivity contribution in [3.05, 3.63) is 47.2 Å². The third kappa shape index (κ3) is 3.22. The van der Waals surface area contributed by atoms with Crippen molar-refractivity contribution in [3.63, 3.8) is 0 Å². The molecule has 0 fully saturated rings. The maximum atomic E-state index is 14.3. The lowest BCUT2D eigenvalue weighted by atomic mass is 10.2. The number of aromatic hydroxyl groups is 1. The van der Waals surface area contributed by atoms with Gasteiger partial charge in [-0.25, -0.2) is 18.7 Å². The average molecular weight is 374 g/mol. The first-order valence-electron chi connectivity index (χ1n) is 6.70. The summed E-state index contributed by atoms with van der Waals surface area (Å²) in [7, 11) is 0. The number of phenols is 1. The molecule has 0 saturated heterocycles. The topological polar surface area (TPSA) is 67.3 Å². The van der Waals surface area contributed by atoms with E-state index in [2.05, 4.69) is 20.0 Å². The molecule has 0 aliphatic carbocycles. The Kier molecular flexibility index (Phi) is 4.49. The van der Waals surface area contributed by atoms with E-state index in [1.807, 2.05) is 0 Å². The van der Waals surface area contributed by atoms with E-state index in [0.29, 0.717) is 0 Å². The third-order valence-corrected chi connectivity index (χ3v) is 3.59. The zero-order valence-electron chi connectivity index (χ0n) is 12.1. The van der Waals surface area contributed by atoms with Gasteiger partial charge in [-0.15, -0.1) is 0 Å². The molecule has 5 nitrogen and oxygen atoms in total. The molecule has 0 aliphatic rings. The molecule has 3 aromatic rings. The number of fused-ring (bicyclic) bond motifs is 1. The van der Waals surface area contributed by atoms with Gasteiger partial charge in [0.25, 0.3) is 0 Å². The third-order valence-electron chi connectivity index (χ3n) is 3.24. The molecular formula is C15H8ClF4N3O2. The summed E-state index contributed by atoms with van der Waals surface area (Å²) in [4.78, 5) is 7.66. The van der Waals surface area contributed by atoms with Crippen LogP contribution in [0.2, 0.25) is 5.02 Å². The zero-order chi connectivity index (χ0) is 18.1. The lowest BCUT2D eigenvalue weighted by Crippen LogP contribution is -2.05. The number of phenolic OH excluding ortho intramolecular Hbond substituents is 1.